The molecule has 1 aliphatic heterocycles. The number of carbonyl (C=O) groups is 2. The quantitative estimate of drug-likeness (QED) is 0.730. The minimum atomic E-state index is -0.312. The van der Waals surface area contributed by atoms with Gasteiger partial charge >= 0.3 is 0 Å². The lowest BCUT2D eigenvalue weighted by Gasteiger charge is -2.29. The second-order valence-corrected chi connectivity index (χ2v) is 6.36. The molecule has 1 fully saturated rings. The van der Waals surface area contributed by atoms with Crippen LogP contribution < -0.4 is 20.1 Å². The van der Waals surface area contributed by atoms with Crippen LogP contribution in [0.1, 0.15) is 37.0 Å². The van der Waals surface area contributed by atoms with Gasteiger partial charge in [0.15, 0.2) is 11.5 Å². The van der Waals surface area contributed by atoms with Gasteiger partial charge in [0.1, 0.15) is 0 Å². The van der Waals surface area contributed by atoms with E-state index in [1.54, 1.807) is 18.2 Å². The fraction of sp³-hybridized carbons (Fsp3) is 0.579. The molecule has 0 unspecified atom stereocenters. The zero-order valence-electron chi connectivity index (χ0n) is 15.8. The van der Waals surface area contributed by atoms with Gasteiger partial charge in [-0.1, -0.05) is 0 Å². The molecule has 0 atom stereocenters. The first-order valence-corrected chi connectivity index (χ1v) is 9.19. The summed E-state index contributed by atoms with van der Waals surface area (Å²) in [6.45, 7) is 6.66. The second-order valence-electron chi connectivity index (χ2n) is 6.36. The maximum Gasteiger partial charge on any atom is 0.251 e. The van der Waals surface area contributed by atoms with E-state index in [4.69, 9.17) is 9.47 Å². The summed E-state index contributed by atoms with van der Waals surface area (Å²) in [5, 5.41) is 5.64. The molecule has 0 spiro atoms. The summed E-state index contributed by atoms with van der Waals surface area (Å²) < 4.78 is 11.0. The van der Waals surface area contributed by atoms with Gasteiger partial charge in [-0.25, -0.2) is 0 Å². The molecular weight excluding hydrogens is 334 g/mol. The zero-order chi connectivity index (χ0) is 18.9. The van der Waals surface area contributed by atoms with Gasteiger partial charge in [0.05, 0.1) is 19.8 Å². The monoisotopic (exact) mass is 363 g/mol. The molecular formula is C19H29N3O4. The van der Waals surface area contributed by atoms with Gasteiger partial charge in [0.25, 0.3) is 5.91 Å². The molecule has 0 aromatic heterocycles. The molecule has 2 rings (SSSR count). The molecule has 0 saturated carbocycles. The number of ether oxygens (including phenoxy) is 2. The van der Waals surface area contributed by atoms with Crippen molar-refractivity contribution in [3.05, 3.63) is 23.8 Å². The number of hydrogen-bond donors (Lipinski definition) is 2. The van der Waals surface area contributed by atoms with E-state index in [0.717, 1.165) is 25.9 Å². The van der Waals surface area contributed by atoms with Crippen molar-refractivity contribution in [1.29, 1.82) is 0 Å². The normalized spacial score (nSPS) is 15.3. The van der Waals surface area contributed by atoms with Gasteiger partial charge in [-0.05, 0) is 65.0 Å². The van der Waals surface area contributed by atoms with Gasteiger partial charge in [-0.3, -0.25) is 9.59 Å². The zero-order valence-corrected chi connectivity index (χ0v) is 15.8. The molecule has 1 heterocycles. The van der Waals surface area contributed by atoms with Crippen LogP contribution in [0.3, 0.4) is 0 Å². The van der Waals surface area contributed by atoms with Crippen molar-refractivity contribution in [2.24, 2.45) is 0 Å². The molecule has 0 aliphatic carbocycles. The number of carbonyl (C=O) groups excluding carboxylic acids is 2. The number of hydrogen-bond acceptors (Lipinski definition) is 5. The molecule has 144 valence electrons. The van der Waals surface area contributed by atoms with Crippen molar-refractivity contribution in [2.45, 2.75) is 32.7 Å². The van der Waals surface area contributed by atoms with E-state index in [0.29, 0.717) is 30.3 Å². The lowest BCUT2D eigenvalue weighted by Crippen LogP contribution is -2.46. The van der Waals surface area contributed by atoms with E-state index < -0.39 is 0 Å². The summed E-state index contributed by atoms with van der Waals surface area (Å²) in [5.41, 5.74) is 0.434. The van der Waals surface area contributed by atoms with E-state index in [1.807, 2.05) is 13.8 Å². The number of amides is 2. The summed E-state index contributed by atoms with van der Waals surface area (Å²) in [7, 11) is 2.08. The van der Waals surface area contributed by atoms with Crippen LogP contribution in [0.2, 0.25) is 0 Å². The van der Waals surface area contributed by atoms with Crippen molar-refractivity contribution in [3.8, 4) is 11.5 Å². The van der Waals surface area contributed by atoms with Crippen LogP contribution in [-0.2, 0) is 4.79 Å². The SMILES string of the molecule is CCOc1ccc(C(=O)NCC(=O)NC2CCN(C)CC2)cc1OCC. The second kappa shape index (κ2) is 10.0. The van der Waals surface area contributed by atoms with E-state index >= 15 is 0 Å². The fourth-order valence-electron chi connectivity index (χ4n) is 2.89. The number of nitrogens with one attached hydrogen (secondary N) is 2. The highest BCUT2D eigenvalue weighted by atomic mass is 16.5. The Morgan fingerprint density at radius 3 is 2.42 bits per heavy atom. The van der Waals surface area contributed by atoms with Crippen LogP contribution in [0, 0.1) is 0 Å². The Balaban J connectivity index is 1.86. The van der Waals surface area contributed by atoms with Crippen LogP contribution in [0.5, 0.6) is 11.5 Å². The van der Waals surface area contributed by atoms with Crippen molar-refractivity contribution >= 4 is 11.8 Å². The number of nitrogens with zero attached hydrogens (tertiary/aromatic N) is 1. The smallest absolute Gasteiger partial charge is 0.251 e. The Kier molecular flexibility index (Phi) is 7.72. The third kappa shape index (κ3) is 5.91. The van der Waals surface area contributed by atoms with Crippen molar-refractivity contribution in [2.75, 3.05) is 39.9 Å². The highest BCUT2D eigenvalue weighted by Gasteiger charge is 2.19. The molecule has 7 nitrogen and oxygen atoms in total. The molecule has 1 aromatic carbocycles. The molecule has 0 radical (unpaired) electrons. The van der Waals surface area contributed by atoms with E-state index in [-0.39, 0.29) is 24.4 Å². The molecule has 1 aliphatic rings. The molecule has 7 heteroatoms. The first kappa shape index (κ1) is 20.0. The van der Waals surface area contributed by atoms with E-state index in [2.05, 4.69) is 22.6 Å². The van der Waals surface area contributed by atoms with Gasteiger partial charge in [0.2, 0.25) is 5.91 Å². The summed E-state index contributed by atoms with van der Waals surface area (Å²) in [5.74, 6) is 0.653. The Morgan fingerprint density at radius 2 is 1.77 bits per heavy atom. The van der Waals surface area contributed by atoms with E-state index in [9.17, 15) is 9.59 Å². The van der Waals surface area contributed by atoms with Gasteiger partial charge in [0, 0.05) is 11.6 Å². The summed E-state index contributed by atoms with van der Waals surface area (Å²) in [6.07, 6.45) is 1.87. The predicted octanol–water partition coefficient (Wildman–Crippen LogP) is 1.42. The van der Waals surface area contributed by atoms with Gasteiger partial charge in [-0.2, -0.15) is 0 Å². The van der Waals surface area contributed by atoms with Gasteiger partial charge < -0.3 is 25.0 Å². The van der Waals surface area contributed by atoms with Crippen molar-refractivity contribution in [1.82, 2.24) is 15.5 Å². The van der Waals surface area contributed by atoms with Crippen LogP contribution >= 0.6 is 0 Å². The maximum absolute atomic E-state index is 12.3. The Hall–Kier alpha value is -2.28. The van der Waals surface area contributed by atoms with Crippen LogP contribution in [0.15, 0.2) is 18.2 Å². The summed E-state index contributed by atoms with van der Waals surface area (Å²) in [6, 6.07) is 5.20. The average Bonchev–Trinajstić information content (AvgIpc) is 2.63. The lowest BCUT2D eigenvalue weighted by atomic mass is 10.1. The molecule has 26 heavy (non-hydrogen) atoms. The summed E-state index contributed by atoms with van der Waals surface area (Å²) in [4.78, 5) is 26.6. The lowest BCUT2D eigenvalue weighted by molar-refractivity contribution is -0.121. The maximum atomic E-state index is 12.3. The molecule has 0 bridgehead atoms. The minimum absolute atomic E-state index is 0.0393. The Morgan fingerprint density at radius 1 is 1.12 bits per heavy atom. The first-order valence-electron chi connectivity index (χ1n) is 9.19. The first-order chi connectivity index (χ1) is 12.5. The number of piperidine rings is 1. The molecule has 1 aromatic rings. The third-order valence-corrected chi connectivity index (χ3v) is 4.30. The van der Waals surface area contributed by atoms with Crippen LogP contribution in [0.25, 0.3) is 0 Å². The van der Waals surface area contributed by atoms with Crippen LogP contribution in [-0.4, -0.2) is 62.7 Å². The van der Waals surface area contributed by atoms with E-state index in [1.165, 1.54) is 0 Å². The summed E-state index contributed by atoms with van der Waals surface area (Å²) >= 11 is 0. The van der Waals surface area contributed by atoms with Crippen LogP contribution in [0.4, 0.5) is 0 Å². The van der Waals surface area contributed by atoms with Crippen molar-refractivity contribution in [3.63, 3.8) is 0 Å². The number of likely N-dealkylation sites (tertiary alicyclic amines) is 1. The number of rotatable bonds is 8. The highest BCUT2D eigenvalue weighted by Crippen LogP contribution is 2.28. The Labute approximate surface area is 155 Å². The predicted molar refractivity (Wildman–Crippen MR) is 99.8 cm³/mol. The topological polar surface area (TPSA) is 79.9 Å². The fourth-order valence-corrected chi connectivity index (χ4v) is 2.89. The minimum Gasteiger partial charge on any atom is -0.490 e. The standard InChI is InChI=1S/C19H29N3O4/c1-4-25-16-7-6-14(12-17(16)26-5-2)19(24)20-13-18(23)21-15-8-10-22(3)11-9-15/h6-7,12,15H,4-5,8-11,13H2,1-3H3,(H,20,24)(H,21,23). The molecule has 1 saturated heterocycles. The molecule has 2 N–H and O–H groups in total. The third-order valence-electron chi connectivity index (χ3n) is 4.30. The largest absolute Gasteiger partial charge is 0.490 e. The van der Waals surface area contributed by atoms with Crippen molar-refractivity contribution < 1.29 is 19.1 Å². The highest BCUT2D eigenvalue weighted by molar-refractivity contribution is 5.97. The average molecular weight is 363 g/mol. The number of benzene rings is 1. The van der Waals surface area contributed by atoms with Gasteiger partial charge in [-0.15, -0.1) is 0 Å². The molecule has 2 amide bonds. The Bertz CT molecular complexity index is 613.